The molecule has 0 unspecified atom stereocenters. The number of fused-ring (bicyclic) bond motifs is 1. The van der Waals surface area contributed by atoms with Gasteiger partial charge in [-0.15, -0.1) is 0 Å². The van der Waals surface area contributed by atoms with E-state index in [1.54, 1.807) is 6.92 Å². The summed E-state index contributed by atoms with van der Waals surface area (Å²) in [6, 6.07) is 4.44. The summed E-state index contributed by atoms with van der Waals surface area (Å²) in [6.45, 7) is 5.89. The van der Waals surface area contributed by atoms with E-state index < -0.39 is 12.1 Å². The first kappa shape index (κ1) is 23.5. The summed E-state index contributed by atoms with van der Waals surface area (Å²) in [6.07, 6.45) is 7.00. The largest absolute Gasteiger partial charge is 0.449 e. The molecule has 2 saturated carbocycles. The number of carbonyl (C=O) groups excluding carboxylic acids is 4. The van der Waals surface area contributed by atoms with E-state index in [-0.39, 0.29) is 40.9 Å². The van der Waals surface area contributed by atoms with Crippen molar-refractivity contribution < 1.29 is 23.9 Å². The van der Waals surface area contributed by atoms with Crippen molar-refractivity contribution in [1.29, 1.82) is 0 Å². The second-order valence-corrected chi connectivity index (χ2v) is 9.96. The van der Waals surface area contributed by atoms with Crippen molar-refractivity contribution in [1.82, 2.24) is 10.2 Å². The Morgan fingerprint density at radius 3 is 2.39 bits per heavy atom. The molecule has 0 radical (unpaired) electrons. The fraction of sp³-hybridized carbons (Fsp3) is 0.615. The van der Waals surface area contributed by atoms with Gasteiger partial charge in [0.2, 0.25) is 0 Å². The van der Waals surface area contributed by atoms with Crippen LogP contribution >= 0.6 is 0 Å². The summed E-state index contributed by atoms with van der Waals surface area (Å²) >= 11 is 0. The van der Waals surface area contributed by atoms with Crippen LogP contribution < -0.4 is 5.32 Å². The first-order valence-corrected chi connectivity index (χ1v) is 12.3. The lowest BCUT2D eigenvalue weighted by Gasteiger charge is -2.35. The van der Waals surface area contributed by atoms with Gasteiger partial charge in [-0.05, 0) is 56.2 Å². The Morgan fingerprint density at radius 2 is 1.67 bits per heavy atom. The molecule has 0 bridgehead atoms. The molecule has 178 valence electrons. The molecule has 4 rings (SSSR count). The summed E-state index contributed by atoms with van der Waals surface area (Å²) in [5, 5.41) is 3.03. The Labute approximate surface area is 195 Å². The van der Waals surface area contributed by atoms with Crippen molar-refractivity contribution >= 4 is 23.7 Å². The summed E-state index contributed by atoms with van der Waals surface area (Å²) in [7, 11) is 0. The Balaban J connectivity index is 1.41. The maximum absolute atomic E-state index is 13.0. The van der Waals surface area contributed by atoms with E-state index in [9.17, 15) is 19.2 Å². The van der Waals surface area contributed by atoms with E-state index in [2.05, 4.69) is 19.2 Å². The number of rotatable bonds is 5. The molecule has 1 heterocycles. The average Bonchev–Trinajstić information content (AvgIpc) is 3.06. The number of amides is 3. The van der Waals surface area contributed by atoms with E-state index in [1.807, 2.05) is 0 Å². The van der Waals surface area contributed by atoms with Gasteiger partial charge in [-0.25, -0.2) is 4.79 Å². The van der Waals surface area contributed by atoms with Crippen molar-refractivity contribution in [3.05, 3.63) is 34.9 Å². The first-order valence-electron chi connectivity index (χ1n) is 12.3. The molecule has 2 aliphatic carbocycles. The molecule has 33 heavy (non-hydrogen) atoms. The Hall–Kier alpha value is -2.70. The minimum Gasteiger partial charge on any atom is -0.449 e. The molecular formula is C26H34N2O5. The number of hydrogen-bond acceptors (Lipinski definition) is 5. The molecule has 3 aliphatic rings. The predicted octanol–water partition coefficient (Wildman–Crippen LogP) is 4.10. The number of nitrogens with zero attached hydrogens (tertiary/aromatic N) is 1. The van der Waals surface area contributed by atoms with Crippen molar-refractivity contribution in [3.63, 3.8) is 0 Å². The number of carbonyl (C=O) groups is 4. The SMILES string of the molecule is C[C@@H]1[C@@H](C)CCC[C@H]1NC(=O)[C@H](C)OC(=O)c1ccc2c(c1)C(=O)N(C1CCCCC1)C2=O. The van der Waals surface area contributed by atoms with E-state index in [1.165, 1.54) is 23.1 Å². The van der Waals surface area contributed by atoms with E-state index >= 15 is 0 Å². The van der Waals surface area contributed by atoms with Gasteiger partial charge in [0.1, 0.15) is 0 Å². The van der Waals surface area contributed by atoms with E-state index in [0.717, 1.165) is 51.4 Å². The second kappa shape index (κ2) is 9.65. The van der Waals surface area contributed by atoms with Gasteiger partial charge < -0.3 is 10.1 Å². The van der Waals surface area contributed by atoms with Gasteiger partial charge in [-0.3, -0.25) is 19.3 Å². The van der Waals surface area contributed by atoms with Gasteiger partial charge >= 0.3 is 5.97 Å². The summed E-state index contributed by atoms with van der Waals surface area (Å²) in [5.41, 5.74) is 0.732. The van der Waals surface area contributed by atoms with Gasteiger partial charge in [-0.2, -0.15) is 0 Å². The van der Waals surface area contributed by atoms with Gasteiger partial charge in [0.15, 0.2) is 6.10 Å². The number of esters is 1. The molecule has 7 heteroatoms. The topological polar surface area (TPSA) is 92.8 Å². The smallest absolute Gasteiger partial charge is 0.338 e. The van der Waals surface area contributed by atoms with Crippen LogP contribution in [0, 0.1) is 11.8 Å². The maximum Gasteiger partial charge on any atom is 0.338 e. The van der Waals surface area contributed by atoms with Gasteiger partial charge in [0.25, 0.3) is 17.7 Å². The molecule has 1 aliphatic heterocycles. The lowest BCUT2D eigenvalue weighted by Crippen LogP contribution is -2.47. The summed E-state index contributed by atoms with van der Waals surface area (Å²) in [5.74, 6) is -0.708. The number of nitrogens with one attached hydrogen (secondary N) is 1. The third-order valence-corrected chi connectivity index (χ3v) is 7.78. The minimum atomic E-state index is -0.953. The molecule has 7 nitrogen and oxygen atoms in total. The third kappa shape index (κ3) is 4.68. The molecule has 1 N–H and O–H groups in total. The predicted molar refractivity (Wildman–Crippen MR) is 123 cm³/mol. The fourth-order valence-electron chi connectivity index (χ4n) is 5.43. The maximum atomic E-state index is 13.0. The van der Waals surface area contributed by atoms with Crippen LogP contribution in [0.4, 0.5) is 0 Å². The molecular weight excluding hydrogens is 420 g/mol. The standard InChI is InChI=1S/C26H34N2O5/c1-15-8-7-11-22(16(15)2)27-23(29)17(3)33-26(32)18-12-13-20-21(14-18)25(31)28(24(20)30)19-9-5-4-6-10-19/h12-17,19,22H,4-11H2,1-3H3,(H,27,29)/t15-,16+,17-,22+/m0/s1. The zero-order valence-electron chi connectivity index (χ0n) is 19.8. The Kier molecular flexibility index (Phi) is 6.86. The third-order valence-electron chi connectivity index (χ3n) is 7.78. The van der Waals surface area contributed by atoms with Crippen LogP contribution in [0.25, 0.3) is 0 Å². The second-order valence-electron chi connectivity index (χ2n) is 9.96. The van der Waals surface area contributed by atoms with Gasteiger partial charge in [0, 0.05) is 12.1 Å². The van der Waals surface area contributed by atoms with Crippen LogP contribution in [0.3, 0.4) is 0 Å². The summed E-state index contributed by atoms with van der Waals surface area (Å²) < 4.78 is 5.41. The summed E-state index contributed by atoms with van der Waals surface area (Å²) in [4.78, 5) is 52.5. The van der Waals surface area contributed by atoms with Crippen LogP contribution in [0.1, 0.15) is 103 Å². The number of ether oxygens (including phenoxy) is 1. The highest BCUT2D eigenvalue weighted by Crippen LogP contribution is 2.32. The molecule has 2 fully saturated rings. The van der Waals surface area contributed by atoms with Crippen molar-refractivity contribution in [2.24, 2.45) is 11.8 Å². The van der Waals surface area contributed by atoms with Crippen LogP contribution in [0.2, 0.25) is 0 Å². The minimum absolute atomic E-state index is 0.0739. The van der Waals surface area contributed by atoms with Crippen molar-refractivity contribution in [2.75, 3.05) is 0 Å². The average molecular weight is 455 g/mol. The molecule has 4 atom stereocenters. The Morgan fingerprint density at radius 1 is 0.970 bits per heavy atom. The van der Waals surface area contributed by atoms with Crippen molar-refractivity contribution in [3.8, 4) is 0 Å². The molecule has 1 aromatic rings. The zero-order valence-corrected chi connectivity index (χ0v) is 19.8. The van der Waals surface area contributed by atoms with Gasteiger partial charge in [0.05, 0.1) is 16.7 Å². The highest BCUT2D eigenvalue weighted by atomic mass is 16.5. The van der Waals surface area contributed by atoms with Crippen molar-refractivity contribution in [2.45, 2.75) is 90.3 Å². The normalized spacial score (nSPS) is 26.6. The molecule has 0 spiro atoms. The zero-order chi connectivity index (χ0) is 23.7. The quantitative estimate of drug-likeness (QED) is 0.534. The number of hydrogen-bond donors (Lipinski definition) is 1. The fourth-order valence-corrected chi connectivity index (χ4v) is 5.43. The molecule has 0 saturated heterocycles. The monoisotopic (exact) mass is 454 g/mol. The lowest BCUT2D eigenvalue weighted by atomic mass is 9.78. The molecule has 0 aromatic heterocycles. The van der Waals surface area contributed by atoms with E-state index in [4.69, 9.17) is 4.74 Å². The van der Waals surface area contributed by atoms with Gasteiger partial charge in [-0.1, -0.05) is 46.0 Å². The Bertz CT molecular complexity index is 952. The highest BCUT2D eigenvalue weighted by Gasteiger charge is 2.40. The van der Waals surface area contributed by atoms with Crippen LogP contribution in [-0.4, -0.2) is 46.8 Å². The molecule has 3 amide bonds. The molecule has 1 aromatic carbocycles. The number of imide groups is 1. The first-order chi connectivity index (χ1) is 15.8. The van der Waals surface area contributed by atoms with Crippen LogP contribution in [-0.2, 0) is 9.53 Å². The van der Waals surface area contributed by atoms with Crippen LogP contribution in [0.5, 0.6) is 0 Å². The van der Waals surface area contributed by atoms with Crippen LogP contribution in [0.15, 0.2) is 18.2 Å². The number of benzene rings is 1. The highest BCUT2D eigenvalue weighted by molar-refractivity contribution is 6.22. The van der Waals surface area contributed by atoms with E-state index in [0.29, 0.717) is 17.4 Å². The lowest BCUT2D eigenvalue weighted by molar-refractivity contribution is -0.130.